The number of rotatable bonds is 5. The summed E-state index contributed by atoms with van der Waals surface area (Å²) >= 11 is 0. The zero-order chi connectivity index (χ0) is 12.8. The van der Waals surface area contributed by atoms with Gasteiger partial charge in [-0.15, -0.1) is 0 Å². The van der Waals surface area contributed by atoms with Crippen molar-refractivity contribution in [3.63, 3.8) is 0 Å². The van der Waals surface area contributed by atoms with E-state index in [0.717, 1.165) is 11.5 Å². The number of aryl methyl sites for hydroxylation is 1. The Balaban J connectivity index is 2.02. The van der Waals surface area contributed by atoms with Crippen molar-refractivity contribution >= 4 is 5.82 Å². The third kappa shape index (κ3) is 3.20. The first-order chi connectivity index (χ1) is 8.79. The molecular formula is C14H17N3O. The van der Waals surface area contributed by atoms with E-state index < -0.39 is 0 Å². The minimum atomic E-state index is 0.621. The van der Waals surface area contributed by atoms with Gasteiger partial charge in [0.2, 0.25) is 5.88 Å². The molecule has 0 aliphatic rings. The van der Waals surface area contributed by atoms with Crippen LogP contribution in [0.1, 0.15) is 18.2 Å². The van der Waals surface area contributed by atoms with Gasteiger partial charge in [0.15, 0.2) is 0 Å². The molecule has 0 bridgehead atoms. The number of nitrogens with one attached hydrogen (secondary N) is 1. The first kappa shape index (κ1) is 12.4. The van der Waals surface area contributed by atoms with Gasteiger partial charge < -0.3 is 10.1 Å². The quantitative estimate of drug-likeness (QED) is 0.877. The predicted octanol–water partition coefficient (Wildman–Crippen LogP) is 2.80. The van der Waals surface area contributed by atoms with Gasteiger partial charge in [-0.3, -0.25) is 4.98 Å². The Labute approximate surface area is 107 Å². The highest BCUT2D eigenvalue weighted by Gasteiger charge is 2.01. The minimum Gasteiger partial charge on any atom is -0.478 e. The van der Waals surface area contributed by atoms with Crippen LogP contribution in [-0.4, -0.2) is 16.6 Å². The molecule has 2 aromatic heterocycles. The fourth-order valence-corrected chi connectivity index (χ4v) is 1.62. The molecule has 0 aliphatic carbocycles. The van der Waals surface area contributed by atoms with E-state index in [2.05, 4.69) is 15.3 Å². The van der Waals surface area contributed by atoms with Gasteiger partial charge in [-0.25, -0.2) is 0 Å². The molecule has 0 aliphatic heterocycles. The van der Waals surface area contributed by atoms with Crippen LogP contribution in [0.4, 0.5) is 5.82 Å². The second kappa shape index (κ2) is 6.00. The lowest BCUT2D eigenvalue weighted by atomic mass is 10.2. The highest BCUT2D eigenvalue weighted by Crippen LogP contribution is 2.12. The summed E-state index contributed by atoms with van der Waals surface area (Å²) in [4.78, 5) is 8.68. The first-order valence-corrected chi connectivity index (χ1v) is 6.04. The van der Waals surface area contributed by atoms with Gasteiger partial charge in [0.1, 0.15) is 5.82 Å². The lowest BCUT2D eigenvalue weighted by Crippen LogP contribution is -2.05. The number of anilines is 1. The summed E-state index contributed by atoms with van der Waals surface area (Å²) in [6, 6.07) is 9.67. The van der Waals surface area contributed by atoms with Crippen molar-refractivity contribution in [1.29, 1.82) is 0 Å². The average molecular weight is 243 g/mol. The maximum absolute atomic E-state index is 5.36. The van der Waals surface area contributed by atoms with Crippen LogP contribution in [0.25, 0.3) is 0 Å². The highest BCUT2D eigenvalue weighted by molar-refractivity contribution is 5.38. The Bertz CT molecular complexity index is 514. The van der Waals surface area contributed by atoms with E-state index in [4.69, 9.17) is 4.74 Å². The maximum atomic E-state index is 5.36. The largest absolute Gasteiger partial charge is 0.478 e. The highest BCUT2D eigenvalue weighted by atomic mass is 16.5. The second-order valence-corrected chi connectivity index (χ2v) is 3.91. The number of aromatic nitrogens is 2. The lowest BCUT2D eigenvalue weighted by Gasteiger charge is -2.08. The molecule has 0 spiro atoms. The Kier molecular flexibility index (Phi) is 4.12. The van der Waals surface area contributed by atoms with E-state index in [1.54, 1.807) is 6.20 Å². The average Bonchev–Trinajstić information content (AvgIpc) is 2.39. The smallest absolute Gasteiger partial charge is 0.215 e. The van der Waals surface area contributed by atoms with Gasteiger partial charge in [0.05, 0.1) is 18.8 Å². The molecule has 94 valence electrons. The summed E-state index contributed by atoms with van der Waals surface area (Å²) in [5.41, 5.74) is 2.20. The summed E-state index contributed by atoms with van der Waals surface area (Å²) in [6.07, 6.45) is 1.80. The van der Waals surface area contributed by atoms with Crippen molar-refractivity contribution in [2.75, 3.05) is 11.9 Å². The standard InChI is InChI=1S/C14H17N3O/c1-3-18-14-8-4-7-13(17-14)16-10-12-11(2)6-5-9-15-12/h4-9H,3,10H2,1-2H3,(H,16,17). The van der Waals surface area contributed by atoms with Gasteiger partial charge >= 0.3 is 0 Å². The van der Waals surface area contributed by atoms with Crippen molar-refractivity contribution in [2.24, 2.45) is 0 Å². The summed E-state index contributed by atoms with van der Waals surface area (Å²) in [5, 5.41) is 3.25. The molecule has 2 heterocycles. The van der Waals surface area contributed by atoms with Gasteiger partial charge in [-0.05, 0) is 31.5 Å². The summed E-state index contributed by atoms with van der Waals surface area (Å²) in [5.74, 6) is 1.44. The van der Waals surface area contributed by atoms with E-state index in [1.165, 1.54) is 5.56 Å². The van der Waals surface area contributed by atoms with Crippen molar-refractivity contribution in [1.82, 2.24) is 9.97 Å². The van der Waals surface area contributed by atoms with Gasteiger partial charge in [0.25, 0.3) is 0 Å². The number of nitrogens with zero attached hydrogens (tertiary/aromatic N) is 2. The molecule has 0 unspecified atom stereocenters. The van der Waals surface area contributed by atoms with Gasteiger partial charge in [-0.2, -0.15) is 4.98 Å². The zero-order valence-electron chi connectivity index (χ0n) is 10.7. The van der Waals surface area contributed by atoms with Crippen LogP contribution in [0.3, 0.4) is 0 Å². The predicted molar refractivity (Wildman–Crippen MR) is 71.7 cm³/mol. The summed E-state index contributed by atoms with van der Waals surface area (Å²) < 4.78 is 5.36. The molecule has 0 saturated carbocycles. The van der Waals surface area contributed by atoms with E-state index in [1.807, 2.05) is 44.2 Å². The second-order valence-electron chi connectivity index (χ2n) is 3.91. The van der Waals surface area contributed by atoms with Crippen LogP contribution in [0.15, 0.2) is 36.5 Å². The third-order valence-corrected chi connectivity index (χ3v) is 2.57. The number of hydrogen-bond donors (Lipinski definition) is 1. The van der Waals surface area contributed by atoms with Crippen LogP contribution >= 0.6 is 0 Å². The molecule has 0 fully saturated rings. The molecule has 2 aromatic rings. The normalized spacial score (nSPS) is 10.1. The van der Waals surface area contributed by atoms with E-state index in [-0.39, 0.29) is 0 Å². The molecule has 0 atom stereocenters. The molecule has 1 N–H and O–H groups in total. The summed E-state index contributed by atoms with van der Waals surface area (Å²) in [7, 11) is 0. The van der Waals surface area contributed by atoms with Crippen LogP contribution in [0.5, 0.6) is 5.88 Å². The van der Waals surface area contributed by atoms with Gasteiger partial charge in [0, 0.05) is 12.3 Å². The number of pyridine rings is 2. The van der Waals surface area contributed by atoms with E-state index in [0.29, 0.717) is 19.0 Å². The molecule has 4 nitrogen and oxygen atoms in total. The van der Waals surface area contributed by atoms with Crippen LogP contribution in [0, 0.1) is 6.92 Å². The minimum absolute atomic E-state index is 0.621. The molecule has 0 amide bonds. The van der Waals surface area contributed by atoms with E-state index >= 15 is 0 Å². The van der Waals surface area contributed by atoms with Crippen molar-refractivity contribution in [3.8, 4) is 5.88 Å². The fourth-order valence-electron chi connectivity index (χ4n) is 1.62. The summed E-state index contributed by atoms with van der Waals surface area (Å²) in [6.45, 7) is 5.28. The fraction of sp³-hybridized carbons (Fsp3) is 0.286. The number of hydrogen-bond acceptors (Lipinski definition) is 4. The SMILES string of the molecule is CCOc1cccc(NCc2ncccc2C)n1. The molecule has 18 heavy (non-hydrogen) atoms. The monoisotopic (exact) mass is 243 g/mol. The Hall–Kier alpha value is -2.10. The third-order valence-electron chi connectivity index (χ3n) is 2.57. The molecule has 2 rings (SSSR count). The van der Waals surface area contributed by atoms with Crippen LogP contribution in [0.2, 0.25) is 0 Å². The Morgan fingerprint density at radius 1 is 1.22 bits per heavy atom. The van der Waals surface area contributed by atoms with Crippen molar-refractivity contribution in [2.45, 2.75) is 20.4 Å². The molecule has 0 saturated heterocycles. The molecule has 0 aromatic carbocycles. The van der Waals surface area contributed by atoms with E-state index in [9.17, 15) is 0 Å². The van der Waals surface area contributed by atoms with Crippen LogP contribution in [-0.2, 0) is 6.54 Å². The zero-order valence-corrected chi connectivity index (χ0v) is 10.7. The number of ether oxygens (including phenoxy) is 1. The van der Waals surface area contributed by atoms with Crippen LogP contribution < -0.4 is 10.1 Å². The van der Waals surface area contributed by atoms with Gasteiger partial charge in [-0.1, -0.05) is 12.1 Å². The maximum Gasteiger partial charge on any atom is 0.215 e. The Morgan fingerprint density at radius 3 is 2.89 bits per heavy atom. The topological polar surface area (TPSA) is 47.0 Å². The lowest BCUT2D eigenvalue weighted by molar-refractivity contribution is 0.327. The first-order valence-electron chi connectivity index (χ1n) is 6.04. The van der Waals surface area contributed by atoms with Crippen molar-refractivity contribution < 1.29 is 4.74 Å². The molecular weight excluding hydrogens is 226 g/mol. The molecule has 0 radical (unpaired) electrons. The Morgan fingerprint density at radius 2 is 2.11 bits per heavy atom. The molecule has 4 heteroatoms. The van der Waals surface area contributed by atoms with Crippen molar-refractivity contribution in [3.05, 3.63) is 47.8 Å².